The molecule has 5 rings (SSSR count). The van der Waals surface area contributed by atoms with E-state index < -0.39 is 39.0 Å². The number of carbonyl (C=O) groups excluding carboxylic acids is 1. The van der Waals surface area contributed by atoms with Gasteiger partial charge < -0.3 is 23.3 Å². The summed E-state index contributed by atoms with van der Waals surface area (Å²) in [6.45, 7) is 5.96. The molecular formula is C28H27F4N3O7S3. The second kappa shape index (κ2) is 12.3. The number of pyridine rings is 1. The summed E-state index contributed by atoms with van der Waals surface area (Å²) in [6, 6.07) is 5.15. The van der Waals surface area contributed by atoms with Crippen molar-refractivity contribution in [3.05, 3.63) is 46.0 Å². The van der Waals surface area contributed by atoms with E-state index in [1.165, 1.54) is 35.6 Å². The van der Waals surface area contributed by atoms with E-state index in [0.29, 0.717) is 39.4 Å². The van der Waals surface area contributed by atoms with Gasteiger partial charge in [-0.15, -0.1) is 22.7 Å². The second-order valence-electron chi connectivity index (χ2n) is 10.8. The van der Waals surface area contributed by atoms with Crippen molar-refractivity contribution in [1.82, 2.24) is 14.9 Å². The number of halogens is 4. The minimum Gasteiger partial charge on any atom is -0.490 e. The Balaban J connectivity index is 1.69. The van der Waals surface area contributed by atoms with E-state index in [1.54, 1.807) is 20.8 Å². The van der Waals surface area contributed by atoms with Crippen LogP contribution in [0.3, 0.4) is 0 Å². The first-order chi connectivity index (χ1) is 21.1. The van der Waals surface area contributed by atoms with Crippen molar-refractivity contribution in [1.29, 1.82) is 0 Å². The fraction of sp³-hybridized carbons (Fsp3) is 0.393. The topological polar surface area (TPSA) is 117 Å². The summed E-state index contributed by atoms with van der Waals surface area (Å²) >= 11 is 2.22. The molecule has 0 atom stereocenters. The molecule has 0 saturated carbocycles. The van der Waals surface area contributed by atoms with E-state index in [1.807, 2.05) is 0 Å². The Hall–Kier alpha value is -3.54. The van der Waals surface area contributed by atoms with Gasteiger partial charge in [0, 0.05) is 46.8 Å². The lowest BCUT2D eigenvalue weighted by atomic mass is 10.0. The van der Waals surface area contributed by atoms with Crippen LogP contribution >= 0.6 is 22.7 Å². The monoisotopic (exact) mass is 689 g/mol. The fourth-order valence-corrected chi connectivity index (χ4v) is 6.95. The molecule has 0 spiro atoms. The van der Waals surface area contributed by atoms with Crippen molar-refractivity contribution >= 4 is 49.0 Å². The number of ether oxygens (including phenoxy) is 3. The molecule has 10 nitrogen and oxygen atoms in total. The quantitative estimate of drug-likeness (QED) is 0.0855. The SMILES string of the molecule is COCCOc1cc(F)ccc1-c1c(-c2nc3c(s2)CN(C(=O)OC(C)(C)C)CC3)nc(OS(=O)(=O)C(F)(F)F)c2ccsc12. The third kappa shape index (κ3) is 7.00. The number of hydrogen-bond acceptors (Lipinski definition) is 11. The molecule has 0 saturated heterocycles. The van der Waals surface area contributed by atoms with Crippen LogP contribution in [0.15, 0.2) is 29.6 Å². The lowest BCUT2D eigenvalue weighted by molar-refractivity contribution is -0.0500. The number of thiophene rings is 1. The van der Waals surface area contributed by atoms with Gasteiger partial charge in [0.2, 0.25) is 5.88 Å². The minimum atomic E-state index is -6.08. The molecule has 242 valence electrons. The number of alkyl halides is 3. The second-order valence-corrected chi connectivity index (χ2v) is 14.3. The molecule has 4 heterocycles. The smallest absolute Gasteiger partial charge is 0.490 e. The molecule has 3 aromatic heterocycles. The Morgan fingerprint density at radius 3 is 2.56 bits per heavy atom. The number of aromatic nitrogens is 2. The van der Waals surface area contributed by atoms with Gasteiger partial charge in [-0.05, 0) is 44.4 Å². The molecule has 0 radical (unpaired) electrons. The average Bonchev–Trinajstić information content (AvgIpc) is 3.59. The molecule has 4 aromatic rings. The van der Waals surface area contributed by atoms with Crippen LogP contribution in [0.25, 0.3) is 31.9 Å². The third-order valence-electron chi connectivity index (χ3n) is 6.39. The molecule has 1 aliphatic heterocycles. The molecule has 17 heteroatoms. The Morgan fingerprint density at radius 1 is 1.11 bits per heavy atom. The van der Waals surface area contributed by atoms with Crippen LogP contribution in [0.4, 0.5) is 22.4 Å². The number of hydrogen-bond donors (Lipinski definition) is 0. The van der Waals surface area contributed by atoms with E-state index in [-0.39, 0.29) is 41.6 Å². The third-order valence-corrected chi connectivity index (χ3v) is 9.35. The molecule has 0 bridgehead atoms. The van der Waals surface area contributed by atoms with E-state index in [0.717, 1.165) is 28.7 Å². The first-order valence-electron chi connectivity index (χ1n) is 13.4. The predicted octanol–water partition coefficient (Wildman–Crippen LogP) is 6.77. The van der Waals surface area contributed by atoms with Crippen molar-refractivity contribution < 1.29 is 49.2 Å². The summed E-state index contributed by atoms with van der Waals surface area (Å²) in [5.74, 6) is -1.31. The van der Waals surface area contributed by atoms with E-state index in [4.69, 9.17) is 19.2 Å². The highest BCUT2D eigenvalue weighted by Crippen LogP contribution is 2.48. The highest BCUT2D eigenvalue weighted by atomic mass is 32.2. The number of rotatable bonds is 8. The van der Waals surface area contributed by atoms with Crippen LogP contribution in [0.5, 0.6) is 11.6 Å². The van der Waals surface area contributed by atoms with Gasteiger partial charge in [-0.1, -0.05) is 0 Å². The maximum atomic E-state index is 14.4. The van der Waals surface area contributed by atoms with Crippen molar-refractivity contribution in [3.8, 4) is 33.5 Å². The Kier molecular flexibility index (Phi) is 9.00. The number of fused-ring (bicyclic) bond motifs is 2. The highest BCUT2D eigenvalue weighted by molar-refractivity contribution is 7.88. The molecule has 0 aliphatic carbocycles. The summed E-state index contributed by atoms with van der Waals surface area (Å²) in [5, 5.41) is 1.74. The van der Waals surface area contributed by atoms with Gasteiger partial charge in [0.05, 0.1) is 24.2 Å². The molecule has 0 fully saturated rings. The average molecular weight is 690 g/mol. The van der Waals surface area contributed by atoms with Gasteiger partial charge in [-0.25, -0.2) is 19.2 Å². The van der Waals surface area contributed by atoms with E-state index in [2.05, 4.69) is 9.17 Å². The normalized spacial score (nSPS) is 14.0. The highest BCUT2D eigenvalue weighted by Gasteiger charge is 2.49. The summed E-state index contributed by atoms with van der Waals surface area (Å²) in [5.41, 5.74) is -5.15. The van der Waals surface area contributed by atoms with Crippen LogP contribution in [-0.4, -0.2) is 67.4 Å². The lowest BCUT2D eigenvalue weighted by Gasteiger charge is -2.29. The molecule has 0 unspecified atom stereocenters. The number of benzene rings is 1. The minimum absolute atomic E-state index is 0.0104. The summed E-state index contributed by atoms with van der Waals surface area (Å²) in [7, 11) is -4.61. The lowest BCUT2D eigenvalue weighted by Crippen LogP contribution is -2.39. The fourth-order valence-electron chi connectivity index (χ4n) is 4.45. The van der Waals surface area contributed by atoms with E-state index in [9.17, 15) is 30.8 Å². The number of thiazole rings is 1. The van der Waals surface area contributed by atoms with Crippen LogP contribution in [0.1, 0.15) is 31.3 Å². The number of carbonyl (C=O) groups is 1. The van der Waals surface area contributed by atoms with Crippen molar-refractivity contribution in [2.75, 3.05) is 26.9 Å². The zero-order chi connectivity index (χ0) is 32.7. The first kappa shape index (κ1) is 32.8. The van der Waals surface area contributed by atoms with Gasteiger partial charge in [-0.3, -0.25) is 0 Å². The van der Waals surface area contributed by atoms with Crippen LogP contribution in [-0.2, 0) is 32.6 Å². The van der Waals surface area contributed by atoms with Gasteiger partial charge in [0.25, 0.3) is 0 Å². The Labute approximate surface area is 263 Å². The van der Waals surface area contributed by atoms with Gasteiger partial charge in [0.1, 0.15) is 34.5 Å². The molecule has 1 aliphatic rings. The number of methoxy groups -OCH3 is 1. The zero-order valence-electron chi connectivity index (χ0n) is 24.4. The van der Waals surface area contributed by atoms with Crippen LogP contribution < -0.4 is 8.92 Å². The van der Waals surface area contributed by atoms with Gasteiger partial charge in [-0.2, -0.15) is 21.6 Å². The zero-order valence-corrected chi connectivity index (χ0v) is 26.8. The standard InChI is InChI=1S/C28H27F4N3O7S3/c1-27(2,3)41-26(36)35-9-7-18-20(14-35)44-25(33-18)22-21(16-6-5-15(29)13-19(16)40-11-10-39-4)23-17(8-12-43-23)24(34-22)42-45(37,38)28(30,31)32/h5-6,8,12-13H,7,9-11,14H2,1-4H3. The van der Waals surface area contributed by atoms with E-state index >= 15 is 0 Å². The molecule has 1 amide bonds. The number of amides is 1. The van der Waals surface area contributed by atoms with Gasteiger partial charge in [0.15, 0.2) is 0 Å². The predicted molar refractivity (Wildman–Crippen MR) is 159 cm³/mol. The Morgan fingerprint density at radius 2 is 1.87 bits per heavy atom. The maximum Gasteiger partial charge on any atom is 0.534 e. The van der Waals surface area contributed by atoms with Crippen LogP contribution in [0, 0.1) is 5.82 Å². The molecule has 45 heavy (non-hydrogen) atoms. The number of nitrogens with zero attached hydrogens (tertiary/aromatic N) is 3. The van der Waals surface area contributed by atoms with Gasteiger partial charge >= 0.3 is 21.7 Å². The molecular weight excluding hydrogens is 663 g/mol. The first-order valence-corrected chi connectivity index (χ1v) is 16.5. The van der Waals surface area contributed by atoms with Crippen molar-refractivity contribution in [2.24, 2.45) is 0 Å². The molecule has 1 aromatic carbocycles. The molecule has 0 N–H and O–H groups in total. The maximum absolute atomic E-state index is 14.4. The van der Waals surface area contributed by atoms with Crippen LogP contribution in [0.2, 0.25) is 0 Å². The van der Waals surface area contributed by atoms with Crippen molar-refractivity contribution in [3.63, 3.8) is 0 Å². The summed E-state index contributed by atoms with van der Waals surface area (Å²) < 4.78 is 99.8. The summed E-state index contributed by atoms with van der Waals surface area (Å²) in [6.07, 6.45) is -0.158. The van der Waals surface area contributed by atoms with Crippen molar-refractivity contribution in [2.45, 2.75) is 44.8 Å². The Bertz CT molecular complexity index is 1850. The largest absolute Gasteiger partial charge is 0.534 e. The summed E-state index contributed by atoms with van der Waals surface area (Å²) in [4.78, 5) is 23.9.